The first-order chi connectivity index (χ1) is 14.9. The molecule has 0 aliphatic carbocycles. The molecule has 2 aromatic rings. The molecule has 0 saturated carbocycles. The summed E-state index contributed by atoms with van der Waals surface area (Å²) in [5.74, 6) is -0.450. The van der Waals surface area contributed by atoms with Crippen LogP contribution < -0.4 is 9.46 Å². The number of carbonyl (C=O) groups is 1. The van der Waals surface area contributed by atoms with Gasteiger partial charge in [-0.3, -0.25) is 14.4 Å². The summed E-state index contributed by atoms with van der Waals surface area (Å²) in [4.78, 5) is 16.7. The van der Waals surface area contributed by atoms with Gasteiger partial charge in [-0.2, -0.15) is 0 Å². The normalized spacial score (nSPS) is 15.5. The predicted octanol–water partition coefficient (Wildman–Crippen LogP) is 3.22. The molecule has 0 aromatic heterocycles. The zero-order valence-electron chi connectivity index (χ0n) is 17.6. The van der Waals surface area contributed by atoms with E-state index < -0.39 is 16.4 Å². The first-order valence-corrected chi connectivity index (χ1v) is 11.7. The molecule has 0 unspecified atom stereocenters. The van der Waals surface area contributed by atoms with Gasteiger partial charge >= 0.3 is 6.36 Å². The zero-order valence-corrected chi connectivity index (χ0v) is 18.5. The second kappa shape index (κ2) is 9.37. The number of nitrogens with zero attached hydrogens (tertiary/aromatic N) is 2. The van der Waals surface area contributed by atoms with E-state index >= 15 is 0 Å². The molecule has 1 N–H and O–H groups in total. The van der Waals surface area contributed by atoms with Crippen molar-refractivity contribution in [3.63, 3.8) is 0 Å². The number of sulfonamides is 1. The van der Waals surface area contributed by atoms with Gasteiger partial charge in [-0.15, -0.1) is 13.2 Å². The Bertz CT molecular complexity index is 1060. The lowest BCUT2D eigenvalue weighted by molar-refractivity contribution is -0.274. The van der Waals surface area contributed by atoms with Crippen molar-refractivity contribution in [2.24, 2.45) is 0 Å². The van der Waals surface area contributed by atoms with Gasteiger partial charge in [0.05, 0.1) is 11.9 Å². The molecule has 32 heavy (non-hydrogen) atoms. The highest BCUT2D eigenvalue weighted by molar-refractivity contribution is 7.92. The smallest absolute Gasteiger partial charge is 0.406 e. The van der Waals surface area contributed by atoms with Gasteiger partial charge in [0, 0.05) is 38.3 Å². The topological polar surface area (TPSA) is 79.0 Å². The average molecular weight is 472 g/mol. The maximum absolute atomic E-state index is 12.9. The third-order valence-corrected chi connectivity index (χ3v) is 5.59. The van der Waals surface area contributed by atoms with Crippen LogP contribution in [0.1, 0.15) is 21.5 Å². The Balaban J connectivity index is 1.56. The van der Waals surface area contributed by atoms with Crippen LogP contribution in [-0.2, 0) is 16.6 Å². The van der Waals surface area contributed by atoms with E-state index in [0.29, 0.717) is 49.5 Å². The second-order valence-corrected chi connectivity index (χ2v) is 9.41. The lowest BCUT2D eigenvalue weighted by atomic mass is 10.1. The van der Waals surface area contributed by atoms with Crippen LogP contribution in [0.5, 0.6) is 5.75 Å². The highest BCUT2D eigenvalue weighted by Gasteiger charge is 2.31. The van der Waals surface area contributed by atoms with Gasteiger partial charge in [0.2, 0.25) is 10.0 Å². The summed E-state index contributed by atoms with van der Waals surface area (Å²) >= 11 is 0. The Labute approximate surface area is 184 Å². The molecule has 1 heterocycles. The van der Waals surface area contributed by atoms with Crippen LogP contribution >= 0.6 is 0 Å². The Morgan fingerprint density at radius 1 is 1.06 bits per heavy atom. The van der Waals surface area contributed by atoms with Crippen molar-refractivity contribution in [2.75, 3.05) is 37.2 Å². The molecule has 1 amide bonds. The standard InChI is InChI=1S/C21H24F3N3O4S/c1-15-3-6-17(13-19(15)25-32(2,29)30)20(28)27-11-9-26(10-12-27)14-16-4-7-18(8-5-16)31-21(22,23)24/h3-8,13,25H,9-12,14H2,1-2H3. The number of halogens is 3. The molecular weight excluding hydrogens is 447 g/mol. The first kappa shape index (κ1) is 23.9. The van der Waals surface area contributed by atoms with Gasteiger partial charge in [-0.1, -0.05) is 18.2 Å². The van der Waals surface area contributed by atoms with E-state index in [2.05, 4.69) is 14.4 Å². The van der Waals surface area contributed by atoms with Gasteiger partial charge in [-0.25, -0.2) is 8.42 Å². The summed E-state index contributed by atoms with van der Waals surface area (Å²) < 4.78 is 66.1. The minimum Gasteiger partial charge on any atom is -0.406 e. The van der Waals surface area contributed by atoms with E-state index in [9.17, 15) is 26.4 Å². The maximum Gasteiger partial charge on any atom is 0.573 e. The van der Waals surface area contributed by atoms with E-state index in [0.717, 1.165) is 11.8 Å². The van der Waals surface area contributed by atoms with E-state index in [-0.39, 0.29) is 11.7 Å². The third-order valence-electron chi connectivity index (χ3n) is 5.00. The lowest BCUT2D eigenvalue weighted by Gasteiger charge is -2.35. The molecule has 0 atom stereocenters. The monoisotopic (exact) mass is 471 g/mol. The molecule has 174 valence electrons. The number of anilines is 1. The summed E-state index contributed by atoms with van der Waals surface area (Å²) in [6, 6.07) is 10.6. The molecular formula is C21H24F3N3O4S. The summed E-state index contributed by atoms with van der Waals surface area (Å²) in [6.07, 6.45) is -3.67. The van der Waals surface area contributed by atoms with Gasteiger partial charge in [-0.05, 0) is 42.3 Å². The fraction of sp³-hybridized carbons (Fsp3) is 0.381. The van der Waals surface area contributed by atoms with Crippen molar-refractivity contribution in [1.82, 2.24) is 9.80 Å². The van der Waals surface area contributed by atoms with E-state index in [1.807, 2.05) is 0 Å². The molecule has 1 aliphatic rings. The number of ether oxygens (including phenoxy) is 1. The van der Waals surface area contributed by atoms with Crippen LogP contribution in [0.15, 0.2) is 42.5 Å². The molecule has 2 aromatic carbocycles. The number of alkyl halides is 3. The van der Waals surface area contributed by atoms with Gasteiger partial charge in [0.25, 0.3) is 5.91 Å². The fourth-order valence-corrected chi connectivity index (χ4v) is 4.03. The molecule has 0 bridgehead atoms. The minimum absolute atomic E-state index is 0.185. The number of benzene rings is 2. The van der Waals surface area contributed by atoms with Crippen LogP contribution in [0.4, 0.5) is 18.9 Å². The fourth-order valence-electron chi connectivity index (χ4n) is 3.41. The third kappa shape index (κ3) is 6.86. The number of rotatable bonds is 6. The minimum atomic E-state index is -4.72. The Kier molecular flexibility index (Phi) is 6.99. The Morgan fingerprint density at radius 3 is 2.25 bits per heavy atom. The van der Waals surface area contributed by atoms with Gasteiger partial charge < -0.3 is 9.64 Å². The van der Waals surface area contributed by atoms with E-state index in [1.54, 1.807) is 36.1 Å². The summed E-state index contributed by atoms with van der Waals surface area (Å²) in [6.45, 7) is 4.47. The molecule has 1 fully saturated rings. The van der Waals surface area contributed by atoms with Crippen molar-refractivity contribution in [1.29, 1.82) is 0 Å². The number of carbonyl (C=O) groups excluding carboxylic acids is 1. The first-order valence-electron chi connectivity index (χ1n) is 9.84. The second-order valence-electron chi connectivity index (χ2n) is 7.66. The predicted molar refractivity (Wildman–Crippen MR) is 114 cm³/mol. The van der Waals surface area contributed by atoms with Crippen molar-refractivity contribution >= 4 is 21.6 Å². The van der Waals surface area contributed by atoms with Crippen molar-refractivity contribution in [3.05, 3.63) is 59.2 Å². The molecule has 0 spiro atoms. The summed E-state index contributed by atoms with van der Waals surface area (Å²) in [7, 11) is -3.46. The van der Waals surface area contributed by atoms with Gasteiger partial charge in [0.1, 0.15) is 5.75 Å². The quantitative estimate of drug-likeness (QED) is 0.700. The van der Waals surface area contributed by atoms with Crippen molar-refractivity contribution in [2.45, 2.75) is 19.8 Å². The molecule has 3 rings (SSSR count). The van der Waals surface area contributed by atoms with Crippen LogP contribution in [0.25, 0.3) is 0 Å². The molecule has 1 saturated heterocycles. The molecule has 7 nitrogen and oxygen atoms in total. The molecule has 0 radical (unpaired) electrons. The molecule has 1 aliphatic heterocycles. The van der Waals surface area contributed by atoms with Crippen LogP contribution in [-0.4, -0.2) is 62.9 Å². The lowest BCUT2D eigenvalue weighted by Crippen LogP contribution is -2.48. The summed E-state index contributed by atoms with van der Waals surface area (Å²) in [5, 5.41) is 0. The number of hydrogen-bond acceptors (Lipinski definition) is 5. The van der Waals surface area contributed by atoms with Crippen LogP contribution in [0, 0.1) is 6.92 Å². The zero-order chi connectivity index (χ0) is 23.5. The molecule has 11 heteroatoms. The van der Waals surface area contributed by atoms with Crippen LogP contribution in [0.2, 0.25) is 0 Å². The SMILES string of the molecule is Cc1ccc(C(=O)N2CCN(Cc3ccc(OC(F)(F)F)cc3)CC2)cc1NS(C)(=O)=O. The average Bonchev–Trinajstić information content (AvgIpc) is 2.69. The highest BCUT2D eigenvalue weighted by Crippen LogP contribution is 2.24. The number of piperazine rings is 1. The van der Waals surface area contributed by atoms with Crippen LogP contribution in [0.3, 0.4) is 0 Å². The number of amides is 1. The van der Waals surface area contributed by atoms with Gasteiger partial charge in [0.15, 0.2) is 0 Å². The highest BCUT2D eigenvalue weighted by atomic mass is 32.2. The van der Waals surface area contributed by atoms with Crippen molar-refractivity contribution in [3.8, 4) is 5.75 Å². The maximum atomic E-state index is 12.9. The number of nitrogens with one attached hydrogen (secondary N) is 1. The number of aryl methyl sites for hydroxylation is 1. The largest absolute Gasteiger partial charge is 0.573 e. The van der Waals surface area contributed by atoms with E-state index in [4.69, 9.17) is 0 Å². The van der Waals surface area contributed by atoms with Crippen molar-refractivity contribution < 1.29 is 31.1 Å². The Morgan fingerprint density at radius 2 is 1.69 bits per heavy atom. The summed E-state index contributed by atoms with van der Waals surface area (Å²) in [5.41, 5.74) is 2.32. The Hall–Kier alpha value is -2.79. The number of hydrogen-bond donors (Lipinski definition) is 1. The van der Waals surface area contributed by atoms with E-state index in [1.165, 1.54) is 18.2 Å².